The average Bonchev–Trinajstić information content (AvgIpc) is 2.65. The first-order valence-corrected chi connectivity index (χ1v) is 8.58. The van der Waals surface area contributed by atoms with Gasteiger partial charge in [-0.25, -0.2) is 0 Å². The van der Waals surface area contributed by atoms with E-state index in [0.29, 0.717) is 5.41 Å². The molecular weight excluding hydrogens is 232 g/mol. The van der Waals surface area contributed by atoms with Crippen LogP contribution in [0.4, 0.5) is 0 Å². The topological polar surface area (TPSA) is 15.3 Å². The standard InChI is InChI=1S/C17H34N2/c1-4-17(9-6-10-18-13-17)14-19-11-5-7-16(8-12-19)15(2)3/h15-16,18H,4-14H2,1-3H3. The highest BCUT2D eigenvalue weighted by Crippen LogP contribution is 2.33. The SMILES string of the molecule is CCC1(CN2CCCC(C(C)C)CC2)CCCNC1. The van der Waals surface area contributed by atoms with Crippen molar-refractivity contribution in [2.75, 3.05) is 32.7 Å². The van der Waals surface area contributed by atoms with Gasteiger partial charge in [-0.05, 0) is 75.4 Å². The van der Waals surface area contributed by atoms with Crippen molar-refractivity contribution in [3.05, 3.63) is 0 Å². The van der Waals surface area contributed by atoms with Crippen LogP contribution in [0, 0.1) is 17.3 Å². The van der Waals surface area contributed by atoms with Crippen molar-refractivity contribution in [1.29, 1.82) is 0 Å². The third-order valence-electron chi connectivity index (χ3n) is 5.68. The predicted molar refractivity (Wildman–Crippen MR) is 83.4 cm³/mol. The molecule has 112 valence electrons. The monoisotopic (exact) mass is 266 g/mol. The highest BCUT2D eigenvalue weighted by atomic mass is 15.1. The molecule has 2 atom stereocenters. The zero-order valence-electron chi connectivity index (χ0n) is 13.4. The molecule has 0 aromatic carbocycles. The quantitative estimate of drug-likeness (QED) is 0.837. The first kappa shape index (κ1) is 15.3. The van der Waals surface area contributed by atoms with Crippen LogP contribution in [0.5, 0.6) is 0 Å². The molecule has 2 heteroatoms. The Morgan fingerprint density at radius 3 is 2.68 bits per heavy atom. The summed E-state index contributed by atoms with van der Waals surface area (Å²) in [6.45, 7) is 13.7. The molecule has 0 amide bonds. The molecule has 2 saturated heterocycles. The molecule has 0 aromatic rings. The van der Waals surface area contributed by atoms with Gasteiger partial charge in [-0.1, -0.05) is 20.8 Å². The summed E-state index contributed by atoms with van der Waals surface area (Å²) in [6, 6.07) is 0. The van der Waals surface area contributed by atoms with E-state index in [0.717, 1.165) is 11.8 Å². The number of hydrogen-bond donors (Lipinski definition) is 1. The summed E-state index contributed by atoms with van der Waals surface area (Å²) in [7, 11) is 0. The van der Waals surface area contributed by atoms with Crippen molar-refractivity contribution in [1.82, 2.24) is 10.2 Å². The Balaban J connectivity index is 1.87. The molecule has 19 heavy (non-hydrogen) atoms. The molecule has 2 nitrogen and oxygen atoms in total. The molecule has 0 aromatic heterocycles. The van der Waals surface area contributed by atoms with Crippen LogP contribution >= 0.6 is 0 Å². The smallest absolute Gasteiger partial charge is 0.00500 e. The molecule has 2 aliphatic rings. The normalized spacial score (nSPS) is 34.4. The van der Waals surface area contributed by atoms with Crippen LogP contribution in [0.1, 0.15) is 59.3 Å². The summed E-state index contributed by atoms with van der Waals surface area (Å²) in [4.78, 5) is 2.78. The van der Waals surface area contributed by atoms with Gasteiger partial charge in [0, 0.05) is 13.1 Å². The Morgan fingerprint density at radius 2 is 2.05 bits per heavy atom. The maximum atomic E-state index is 3.63. The molecule has 0 spiro atoms. The van der Waals surface area contributed by atoms with Crippen molar-refractivity contribution < 1.29 is 0 Å². The van der Waals surface area contributed by atoms with E-state index in [1.165, 1.54) is 71.2 Å². The molecule has 2 heterocycles. The second-order valence-electron chi connectivity index (χ2n) is 7.35. The average molecular weight is 266 g/mol. The van der Waals surface area contributed by atoms with Crippen LogP contribution in [0.3, 0.4) is 0 Å². The summed E-state index contributed by atoms with van der Waals surface area (Å²) in [5.41, 5.74) is 0.565. The Morgan fingerprint density at radius 1 is 1.21 bits per heavy atom. The fraction of sp³-hybridized carbons (Fsp3) is 1.00. The number of nitrogens with zero attached hydrogens (tertiary/aromatic N) is 1. The molecule has 2 fully saturated rings. The number of piperidine rings is 1. The highest BCUT2D eigenvalue weighted by Gasteiger charge is 2.32. The van der Waals surface area contributed by atoms with Gasteiger partial charge in [0.1, 0.15) is 0 Å². The van der Waals surface area contributed by atoms with Crippen molar-refractivity contribution in [2.45, 2.75) is 59.3 Å². The molecule has 0 radical (unpaired) electrons. The fourth-order valence-corrected chi connectivity index (χ4v) is 4.06. The third-order valence-corrected chi connectivity index (χ3v) is 5.68. The van der Waals surface area contributed by atoms with E-state index < -0.39 is 0 Å². The second kappa shape index (κ2) is 7.08. The van der Waals surface area contributed by atoms with E-state index in [2.05, 4.69) is 31.0 Å². The molecule has 2 unspecified atom stereocenters. The minimum absolute atomic E-state index is 0.565. The lowest BCUT2D eigenvalue weighted by atomic mass is 9.78. The lowest BCUT2D eigenvalue weighted by Gasteiger charge is -2.41. The van der Waals surface area contributed by atoms with E-state index in [9.17, 15) is 0 Å². The van der Waals surface area contributed by atoms with Crippen LogP contribution in [0.2, 0.25) is 0 Å². The van der Waals surface area contributed by atoms with Gasteiger partial charge in [0.2, 0.25) is 0 Å². The van der Waals surface area contributed by atoms with Gasteiger partial charge < -0.3 is 10.2 Å². The molecule has 0 saturated carbocycles. The number of nitrogens with one attached hydrogen (secondary N) is 1. The lowest BCUT2D eigenvalue weighted by molar-refractivity contribution is 0.113. The summed E-state index contributed by atoms with van der Waals surface area (Å²) in [5, 5.41) is 3.63. The van der Waals surface area contributed by atoms with Gasteiger partial charge in [0.15, 0.2) is 0 Å². The molecular formula is C17H34N2. The largest absolute Gasteiger partial charge is 0.316 e. The Bertz CT molecular complexity index is 256. The van der Waals surface area contributed by atoms with E-state index in [-0.39, 0.29) is 0 Å². The molecule has 0 aliphatic carbocycles. The summed E-state index contributed by atoms with van der Waals surface area (Å²) >= 11 is 0. The van der Waals surface area contributed by atoms with Crippen LogP contribution in [-0.4, -0.2) is 37.6 Å². The van der Waals surface area contributed by atoms with Gasteiger partial charge >= 0.3 is 0 Å². The van der Waals surface area contributed by atoms with Crippen molar-refractivity contribution in [3.8, 4) is 0 Å². The van der Waals surface area contributed by atoms with Crippen LogP contribution in [0.25, 0.3) is 0 Å². The van der Waals surface area contributed by atoms with Crippen molar-refractivity contribution >= 4 is 0 Å². The lowest BCUT2D eigenvalue weighted by Crippen LogP contribution is -2.47. The third kappa shape index (κ3) is 4.19. The van der Waals surface area contributed by atoms with Crippen LogP contribution < -0.4 is 5.32 Å². The number of rotatable bonds is 4. The zero-order valence-corrected chi connectivity index (χ0v) is 13.4. The van der Waals surface area contributed by atoms with Gasteiger partial charge in [-0.2, -0.15) is 0 Å². The molecule has 2 rings (SSSR count). The van der Waals surface area contributed by atoms with Crippen molar-refractivity contribution in [2.24, 2.45) is 17.3 Å². The number of hydrogen-bond acceptors (Lipinski definition) is 2. The van der Waals surface area contributed by atoms with E-state index in [1.807, 2.05) is 0 Å². The Kier molecular flexibility index (Phi) is 5.70. The molecule has 0 bridgehead atoms. The maximum Gasteiger partial charge on any atom is 0.00500 e. The maximum absolute atomic E-state index is 3.63. The van der Waals surface area contributed by atoms with Gasteiger partial charge in [-0.3, -0.25) is 0 Å². The highest BCUT2D eigenvalue weighted by molar-refractivity contribution is 4.88. The van der Waals surface area contributed by atoms with E-state index in [1.54, 1.807) is 0 Å². The minimum atomic E-state index is 0.565. The molecule has 1 N–H and O–H groups in total. The van der Waals surface area contributed by atoms with E-state index in [4.69, 9.17) is 0 Å². The van der Waals surface area contributed by atoms with Gasteiger partial charge in [0.25, 0.3) is 0 Å². The first-order chi connectivity index (χ1) is 9.15. The van der Waals surface area contributed by atoms with Gasteiger partial charge in [-0.15, -0.1) is 0 Å². The molecule has 2 aliphatic heterocycles. The summed E-state index contributed by atoms with van der Waals surface area (Å²) < 4.78 is 0. The Labute approximate surface area is 120 Å². The van der Waals surface area contributed by atoms with Crippen LogP contribution in [-0.2, 0) is 0 Å². The fourth-order valence-electron chi connectivity index (χ4n) is 4.06. The van der Waals surface area contributed by atoms with E-state index >= 15 is 0 Å². The van der Waals surface area contributed by atoms with Crippen molar-refractivity contribution in [3.63, 3.8) is 0 Å². The number of likely N-dealkylation sites (tertiary alicyclic amines) is 1. The summed E-state index contributed by atoms with van der Waals surface area (Å²) in [6.07, 6.45) is 8.42. The first-order valence-electron chi connectivity index (χ1n) is 8.58. The van der Waals surface area contributed by atoms with Crippen LogP contribution in [0.15, 0.2) is 0 Å². The minimum Gasteiger partial charge on any atom is -0.316 e. The predicted octanol–water partition coefficient (Wildman–Crippen LogP) is 3.52. The van der Waals surface area contributed by atoms with Gasteiger partial charge in [0.05, 0.1) is 0 Å². The second-order valence-corrected chi connectivity index (χ2v) is 7.35. The summed E-state index contributed by atoms with van der Waals surface area (Å²) in [5.74, 6) is 1.84. The zero-order chi connectivity index (χ0) is 13.7. The Hall–Kier alpha value is -0.0800.